The number of hydrazine groups is 1. The van der Waals surface area contributed by atoms with Crippen LogP contribution < -0.4 is 11.3 Å². The van der Waals surface area contributed by atoms with Crippen molar-refractivity contribution in [2.75, 3.05) is 11.5 Å². The second-order valence-corrected chi connectivity index (χ2v) is 7.58. The van der Waals surface area contributed by atoms with Crippen molar-refractivity contribution in [2.24, 2.45) is 11.8 Å². The Hall–Kier alpha value is 0.620. The standard InChI is InChI=1S/C12H24N2S2/c1-2-11-12(16-8-7-15-11)10(14-13)6-5-9-3-4-9/h9-12,14H,2-8,13H2,1H3. The van der Waals surface area contributed by atoms with E-state index in [1.807, 2.05) is 0 Å². The fourth-order valence-corrected chi connectivity index (χ4v) is 5.76. The van der Waals surface area contributed by atoms with Crippen molar-refractivity contribution in [1.29, 1.82) is 0 Å². The van der Waals surface area contributed by atoms with E-state index < -0.39 is 0 Å². The molecule has 4 heteroatoms. The molecular formula is C12H24N2S2. The van der Waals surface area contributed by atoms with Gasteiger partial charge in [-0.3, -0.25) is 11.3 Å². The first-order valence-electron chi connectivity index (χ1n) is 6.54. The summed E-state index contributed by atoms with van der Waals surface area (Å²) in [5.41, 5.74) is 3.09. The van der Waals surface area contributed by atoms with Crippen LogP contribution in [0.5, 0.6) is 0 Å². The summed E-state index contributed by atoms with van der Waals surface area (Å²) in [5, 5.41) is 1.53. The third-order valence-electron chi connectivity index (χ3n) is 3.69. The zero-order valence-corrected chi connectivity index (χ0v) is 11.8. The molecule has 1 heterocycles. The smallest absolute Gasteiger partial charge is 0.0340 e. The normalized spacial score (nSPS) is 32.6. The van der Waals surface area contributed by atoms with Crippen LogP contribution in [0.4, 0.5) is 0 Å². The van der Waals surface area contributed by atoms with Gasteiger partial charge in [0.15, 0.2) is 0 Å². The van der Waals surface area contributed by atoms with E-state index in [1.165, 1.54) is 43.6 Å². The molecule has 1 saturated heterocycles. The zero-order valence-electron chi connectivity index (χ0n) is 10.2. The second-order valence-electron chi connectivity index (χ2n) is 4.95. The van der Waals surface area contributed by atoms with Gasteiger partial charge in [-0.05, 0) is 25.2 Å². The van der Waals surface area contributed by atoms with Crippen LogP contribution in [0.1, 0.15) is 39.0 Å². The summed E-state index contributed by atoms with van der Waals surface area (Å²) in [6.07, 6.45) is 6.86. The highest BCUT2D eigenvalue weighted by Gasteiger charge is 2.32. The van der Waals surface area contributed by atoms with E-state index in [0.29, 0.717) is 6.04 Å². The molecule has 3 unspecified atom stereocenters. The Kier molecular flexibility index (Phi) is 5.33. The van der Waals surface area contributed by atoms with E-state index in [2.05, 4.69) is 35.9 Å². The van der Waals surface area contributed by atoms with Crippen molar-refractivity contribution < 1.29 is 0 Å². The minimum atomic E-state index is 0.531. The Bertz CT molecular complexity index is 209. The topological polar surface area (TPSA) is 38.0 Å². The maximum absolute atomic E-state index is 5.75. The van der Waals surface area contributed by atoms with E-state index >= 15 is 0 Å². The van der Waals surface area contributed by atoms with Crippen molar-refractivity contribution >= 4 is 23.5 Å². The van der Waals surface area contributed by atoms with Gasteiger partial charge in [0.05, 0.1) is 0 Å². The molecule has 0 aromatic carbocycles. The summed E-state index contributed by atoms with van der Waals surface area (Å²) in [5.74, 6) is 9.40. The molecule has 0 spiro atoms. The molecule has 2 nitrogen and oxygen atoms in total. The van der Waals surface area contributed by atoms with Gasteiger partial charge in [-0.15, -0.1) is 0 Å². The molecule has 0 amide bonds. The first kappa shape index (κ1) is 13.1. The molecule has 16 heavy (non-hydrogen) atoms. The molecule has 0 aromatic heterocycles. The van der Waals surface area contributed by atoms with Gasteiger partial charge in [0.2, 0.25) is 0 Å². The molecule has 0 radical (unpaired) electrons. The molecule has 0 bridgehead atoms. The first-order valence-corrected chi connectivity index (χ1v) is 8.64. The minimum absolute atomic E-state index is 0.531. The zero-order chi connectivity index (χ0) is 11.4. The van der Waals surface area contributed by atoms with Crippen LogP contribution in [0, 0.1) is 5.92 Å². The molecule has 2 fully saturated rings. The fourth-order valence-electron chi connectivity index (χ4n) is 2.48. The van der Waals surface area contributed by atoms with E-state index in [1.54, 1.807) is 0 Å². The van der Waals surface area contributed by atoms with Crippen LogP contribution in [0.3, 0.4) is 0 Å². The van der Waals surface area contributed by atoms with Crippen molar-refractivity contribution in [1.82, 2.24) is 5.43 Å². The van der Waals surface area contributed by atoms with Crippen LogP contribution in [-0.4, -0.2) is 28.0 Å². The lowest BCUT2D eigenvalue weighted by molar-refractivity contribution is 0.441. The summed E-state index contributed by atoms with van der Waals surface area (Å²) in [4.78, 5) is 0. The predicted molar refractivity (Wildman–Crippen MR) is 75.9 cm³/mol. The van der Waals surface area contributed by atoms with Gasteiger partial charge >= 0.3 is 0 Å². The van der Waals surface area contributed by atoms with E-state index in [0.717, 1.165) is 16.4 Å². The molecule has 2 rings (SSSR count). The molecular weight excluding hydrogens is 236 g/mol. The summed E-state index contributed by atoms with van der Waals surface area (Å²) in [6, 6.07) is 0.531. The Labute approximate surface area is 108 Å². The highest BCUT2D eigenvalue weighted by Crippen LogP contribution is 2.38. The summed E-state index contributed by atoms with van der Waals surface area (Å²) in [6.45, 7) is 2.31. The third kappa shape index (κ3) is 3.56. The summed E-state index contributed by atoms with van der Waals surface area (Å²) in [7, 11) is 0. The number of thioether (sulfide) groups is 2. The SMILES string of the molecule is CCC1SCCSC1C(CCC1CC1)NN. The van der Waals surface area contributed by atoms with Crippen LogP contribution >= 0.6 is 23.5 Å². The highest BCUT2D eigenvalue weighted by atomic mass is 32.2. The van der Waals surface area contributed by atoms with Crippen molar-refractivity contribution in [3.05, 3.63) is 0 Å². The van der Waals surface area contributed by atoms with Gasteiger partial charge in [0, 0.05) is 28.0 Å². The van der Waals surface area contributed by atoms with E-state index in [-0.39, 0.29) is 0 Å². The van der Waals surface area contributed by atoms with Gasteiger partial charge in [-0.1, -0.05) is 19.8 Å². The molecule has 1 saturated carbocycles. The number of hydrogen-bond acceptors (Lipinski definition) is 4. The first-order chi connectivity index (χ1) is 7.85. The van der Waals surface area contributed by atoms with Crippen LogP contribution in [-0.2, 0) is 0 Å². The third-order valence-corrected chi connectivity index (χ3v) is 7.09. The molecule has 3 atom stereocenters. The molecule has 2 aliphatic rings. The largest absolute Gasteiger partial charge is 0.271 e. The van der Waals surface area contributed by atoms with E-state index in [9.17, 15) is 0 Å². The van der Waals surface area contributed by atoms with Crippen molar-refractivity contribution in [3.63, 3.8) is 0 Å². The molecule has 3 N–H and O–H groups in total. The van der Waals surface area contributed by atoms with Gasteiger partial charge in [-0.2, -0.15) is 23.5 Å². The van der Waals surface area contributed by atoms with Gasteiger partial charge in [-0.25, -0.2) is 0 Å². The molecule has 1 aliphatic carbocycles. The lowest BCUT2D eigenvalue weighted by atomic mass is 10.0. The molecule has 1 aliphatic heterocycles. The Morgan fingerprint density at radius 2 is 2.06 bits per heavy atom. The quantitative estimate of drug-likeness (QED) is 0.569. The Balaban J connectivity index is 1.83. The predicted octanol–water partition coefficient (Wildman–Crippen LogP) is 2.64. The Morgan fingerprint density at radius 1 is 1.31 bits per heavy atom. The van der Waals surface area contributed by atoms with Gasteiger partial charge in [0.1, 0.15) is 0 Å². The number of nitrogens with two attached hydrogens (primary N) is 1. The Morgan fingerprint density at radius 3 is 2.69 bits per heavy atom. The average Bonchev–Trinajstić information content (AvgIpc) is 3.14. The average molecular weight is 260 g/mol. The highest BCUT2D eigenvalue weighted by molar-refractivity contribution is 8.07. The number of hydrogen-bond donors (Lipinski definition) is 2. The van der Waals surface area contributed by atoms with Crippen LogP contribution in [0.2, 0.25) is 0 Å². The molecule has 94 valence electrons. The summed E-state index contributed by atoms with van der Waals surface area (Å²) >= 11 is 4.29. The number of rotatable bonds is 6. The lowest BCUT2D eigenvalue weighted by Crippen LogP contribution is -2.48. The molecule has 0 aromatic rings. The van der Waals surface area contributed by atoms with E-state index in [4.69, 9.17) is 5.84 Å². The maximum Gasteiger partial charge on any atom is 0.0340 e. The fraction of sp³-hybridized carbons (Fsp3) is 1.00. The maximum atomic E-state index is 5.75. The van der Waals surface area contributed by atoms with Crippen LogP contribution in [0.25, 0.3) is 0 Å². The lowest BCUT2D eigenvalue weighted by Gasteiger charge is -2.35. The number of nitrogens with one attached hydrogen (secondary N) is 1. The van der Waals surface area contributed by atoms with Crippen molar-refractivity contribution in [2.45, 2.75) is 55.6 Å². The van der Waals surface area contributed by atoms with Gasteiger partial charge in [0.25, 0.3) is 0 Å². The summed E-state index contributed by atoms with van der Waals surface area (Å²) < 4.78 is 0. The second kappa shape index (κ2) is 6.53. The van der Waals surface area contributed by atoms with Crippen LogP contribution in [0.15, 0.2) is 0 Å². The monoisotopic (exact) mass is 260 g/mol. The van der Waals surface area contributed by atoms with Crippen molar-refractivity contribution in [3.8, 4) is 0 Å². The van der Waals surface area contributed by atoms with Gasteiger partial charge < -0.3 is 0 Å². The minimum Gasteiger partial charge on any atom is -0.271 e.